The van der Waals surface area contributed by atoms with Crippen LogP contribution in [0.15, 0.2) is 0 Å². The van der Waals surface area contributed by atoms with Gasteiger partial charge in [0, 0.05) is 6.54 Å². The normalized spacial score (nSPS) is 21.6. The average molecular weight is 240 g/mol. The first-order valence-electron chi connectivity index (χ1n) is 6.47. The maximum Gasteiger partial charge on any atom is 0.245 e. The van der Waals surface area contributed by atoms with E-state index in [1.54, 1.807) is 4.90 Å². The fourth-order valence-corrected chi connectivity index (χ4v) is 2.02. The van der Waals surface area contributed by atoms with Gasteiger partial charge in [-0.15, -0.1) is 0 Å². The Kier molecular flexibility index (Phi) is 4.54. The molecular weight excluding hydrogens is 216 g/mol. The van der Waals surface area contributed by atoms with Crippen LogP contribution in [0.3, 0.4) is 0 Å². The highest BCUT2D eigenvalue weighted by molar-refractivity contribution is 5.94. The second-order valence-electron chi connectivity index (χ2n) is 5.62. The van der Waals surface area contributed by atoms with Crippen molar-refractivity contribution in [2.75, 3.05) is 13.1 Å². The first-order chi connectivity index (χ1) is 7.89. The van der Waals surface area contributed by atoms with E-state index in [9.17, 15) is 9.59 Å². The lowest BCUT2D eigenvalue weighted by molar-refractivity contribution is -0.145. The van der Waals surface area contributed by atoms with Crippen LogP contribution >= 0.6 is 0 Å². The third-order valence-electron chi connectivity index (χ3n) is 3.43. The number of nitrogens with zero attached hydrogens (tertiary/aromatic N) is 1. The van der Waals surface area contributed by atoms with Gasteiger partial charge in [0.05, 0.1) is 6.54 Å². The first-order valence-corrected chi connectivity index (χ1v) is 6.47. The molecule has 1 atom stereocenters. The molecule has 4 heteroatoms. The summed E-state index contributed by atoms with van der Waals surface area (Å²) in [7, 11) is 0. The highest BCUT2D eigenvalue weighted by atomic mass is 16.2. The monoisotopic (exact) mass is 240 g/mol. The second-order valence-corrected chi connectivity index (χ2v) is 5.62. The summed E-state index contributed by atoms with van der Waals surface area (Å²) in [6, 6.07) is -0.311. The highest BCUT2D eigenvalue weighted by Crippen LogP contribution is 2.22. The van der Waals surface area contributed by atoms with Crippen LogP contribution in [-0.4, -0.2) is 35.8 Å². The molecule has 1 saturated heterocycles. The Bertz CT molecular complexity index is 300. The number of hydrogen-bond donors (Lipinski definition) is 1. The van der Waals surface area contributed by atoms with Crippen LogP contribution in [0.5, 0.6) is 0 Å². The number of hydrogen-bond acceptors (Lipinski definition) is 2. The number of carbonyl (C=O) groups is 2. The Morgan fingerprint density at radius 1 is 1.35 bits per heavy atom. The molecule has 0 aliphatic carbocycles. The molecule has 0 radical (unpaired) electrons. The van der Waals surface area contributed by atoms with Crippen LogP contribution in [0.25, 0.3) is 0 Å². The van der Waals surface area contributed by atoms with E-state index in [4.69, 9.17) is 0 Å². The Morgan fingerprint density at radius 3 is 2.53 bits per heavy atom. The molecule has 0 spiro atoms. The minimum atomic E-state index is -0.311. The Labute approximate surface area is 104 Å². The molecule has 4 nitrogen and oxygen atoms in total. The molecule has 0 saturated carbocycles. The SMILES string of the molecule is CCCC1NC(=O)CN(CC(C)(C)CC)C1=O. The van der Waals surface area contributed by atoms with Crippen LogP contribution in [-0.2, 0) is 9.59 Å². The number of nitrogens with one attached hydrogen (secondary N) is 1. The van der Waals surface area contributed by atoms with Crippen molar-refractivity contribution >= 4 is 11.8 Å². The van der Waals surface area contributed by atoms with Crippen molar-refractivity contribution in [3.8, 4) is 0 Å². The van der Waals surface area contributed by atoms with E-state index in [0.717, 1.165) is 19.3 Å². The molecular formula is C13H24N2O2. The molecule has 1 rings (SSSR count). The van der Waals surface area contributed by atoms with Gasteiger partial charge in [-0.05, 0) is 18.3 Å². The van der Waals surface area contributed by atoms with Crippen LogP contribution in [0.1, 0.15) is 47.0 Å². The highest BCUT2D eigenvalue weighted by Gasteiger charge is 2.34. The van der Waals surface area contributed by atoms with Crippen molar-refractivity contribution in [1.29, 1.82) is 0 Å². The average Bonchev–Trinajstić information content (AvgIpc) is 2.25. The predicted octanol–water partition coefficient (Wildman–Crippen LogP) is 1.55. The minimum Gasteiger partial charge on any atom is -0.343 e. The zero-order chi connectivity index (χ0) is 13.1. The van der Waals surface area contributed by atoms with Gasteiger partial charge in [0.2, 0.25) is 11.8 Å². The molecule has 98 valence electrons. The van der Waals surface area contributed by atoms with Crippen LogP contribution < -0.4 is 5.32 Å². The maximum absolute atomic E-state index is 12.2. The molecule has 2 amide bonds. The molecule has 1 heterocycles. The van der Waals surface area contributed by atoms with Gasteiger partial charge in [-0.25, -0.2) is 0 Å². The molecule has 1 unspecified atom stereocenters. The van der Waals surface area contributed by atoms with Gasteiger partial charge in [0.25, 0.3) is 0 Å². The van der Waals surface area contributed by atoms with Gasteiger partial charge in [-0.2, -0.15) is 0 Å². The van der Waals surface area contributed by atoms with Crippen LogP contribution in [0.2, 0.25) is 0 Å². The summed E-state index contributed by atoms with van der Waals surface area (Å²) in [5.74, 6) is 0.0444. The molecule has 0 aromatic heterocycles. The summed E-state index contributed by atoms with van der Waals surface area (Å²) in [5.41, 5.74) is 0.0735. The zero-order valence-corrected chi connectivity index (χ0v) is 11.4. The molecule has 0 aromatic carbocycles. The molecule has 1 aliphatic heterocycles. The topological polar surface area (TPSA) is 49.4 Å². The fraction of sp³-hybridized carbons (Fsp3) is 0.846. The Hall–Kier alpha value is -1.06. The third kappa shape index (κ3) is 3.72. The first kappa shape index (κ1) is 14.0. The van der Waals surface area contributed by atoms with E-state index < -0.39 is 0 Å². The number of piperazine rings is 1. The van der Waals surface area contributed by atoms with Crippen molar-refractivity contribution in [3.05, 3.63) is 0 Å². The lowest BCUT2D eigenvalue weighted by Crippen LogP contribution is -2.59. The smallest absolute Gasteiger partial charge is 0.245 e. The maximum atomic E-state index is 12.2. The predicted molar refractivity (Wildman–Crippen MR) is 67.5 cm³/mol. The van der Waals surface area contributed by atoms with Gasteiger partial charge in [-0.3, -0.25) is 9.59 Å². The van der Waals surface area contributed by atoms with Gasteiger partial charge in [-0.1, -0.05) is 34.1 Å². The lowest BCUT2D eigenvalue weighted by Gasteiger charge is -2.37. The summed E-state index contributed by atoms with van der Waals surface area (Å²) >= 11 is 0. The van der Waals surface area contributed by atoms with Crippen molar-refractivity contribution in [2.24, 2.45) is 5.41 Å². The summed E-state index contributed by atoms with van der Waals surface area (Å²) in [5, 5.41) is 2.77. The van der Waals surface area contributed by atoms with E-state index in [0.29, 0.717) is 6.54 Å². The van der Waals surface area contributed by atoms with Crippen molar-refractivity contribution in [2.45, 2.75) is 53.0 Å². The van der Waals surface area contributed by atoms with Crippen LogP contribution in [0.4, 0.5) is 0 Å². The van der Waals surface area contributed by atoms with E-state index in [1.165, 1.54) is 0 Å². The van der Waals surface area contributed by atoms with E-state index in [1.807, 2.05) is 6.92 Å². The molecule has 1 fully saturated rings. The molecule has 1 aliphatic rings. The summed E-state index contributed by atoms with van der Waals surface area (Å²) in [6.45, 7) is 9.26. The van der Waals surface area contributed by atoms with Gasteiger partial charge >= 0.3 is 0 Å². The number of rotatable bonds is 5. The number of amides is 2. The van der Waals surface area contributed by atoms with E-state index >= 15 is 0 Å². The van der Waals surface area contributed by atoms with E-state index in [-0.39, 0.29) is 29.8 Å². The van der Waals surface area contributed by atoms with Gasteiger partial charge in [0.15, 0.2) is 0 Å². The van der Waals surface area contributed by atoms with E-state index in [2.05, 4.69) is 26.1 Å². The van der Waals surface area contributed by atoms with Crippen LogP contribution in [0, 0.1) is 5.41 Å². The molecule has 17 heavy (non-hydrogen) atoms. The van der Waals surface area contributed by atoms with Crippen molar-refractivity contribution in [1.82, 2.24) is 10.2 Å². The summed E-state index contributed by atoms with van der Waals surface area (Å²) in [6.07, 6.45) is 2.63. The summed E-state index contributed by atoms with van der Waals surface area (Å²) in [4.78, 5) is 25.5. The van der Waals surface area contributed by atoms with Gasteiger partial charge in [0.1, 0.15) is 6.04 Å². The largest absolute Gasteiger partial charge is 0.343 e. The quantitative estimate of drug-likeness (QED) is 0.792. The molecule has 0 aromatic rings. The van der Waals surface area contributed by atoms with Crippen molar-refractivity contribution in [3.63, 3.8) is 0 Å². The standard InChI is InChI=1S/C13H24N2O2/c1-5-7-10-12(17)15(8-11(16)14-10)9-13(3,4)6-2/h10H,5-9H2,1-4H3,(H,14,16). The molecule has 1 N–H and O–H groups in total. The fourth-order valence-electron chi connectivity index (χ4n) is 2.02. The lowest BCUT2D eigenvalue weighted by atomic mass is 9.89. The molecule has 0 bridgehead atoms. The third-order valence-corrected chi connectivity index (χ3v) is 3.43. The van der Waals surface area contributed by atoms with Gasteiger partial charge < -0.3 is 10.2 Å². The van der Waals surface area contributed by atoms with Crippen molar-refractivity contribution < 1.29 is 9.59 Å². The Morgan fingerprint density at radius 2 is 2.00 bits per heavy atom. The summed E-state index contributed by atoms with van der Waals surface area (Å²) < 4.78 is 0. The number of carbonyl (C=O) groups excluding carboxylic acids is 2. The Balaban J connectivity index is 2.71. The zero-order valence-electron chi connectivity index (χ0n) is 11.4. The minimum absolute atomic E-state index is 0.0325. The second kappa shape index (κ2) is 5.52.